The number of anilines is 5. The molecule has 1 saturated heterocycles. The number of hydrogen-bond acceptors (Lipinski definition) is 8. The summed E-state index contributed by atoms with van der Waals surface area (Å²) >= 11 is 0. The quantitative estimate of drug-likeness (QED) is 0.204. The van der Waals surface area contributed by atoms with Gasteiger partial charge in [0, 0.05) is 36.2 Å². The van der Waals surface area contributed by atoms with Gasteiger partial charge < -0.3 is 35.1 Å². The molecule has 1 fully saturated rings. The van der Waals surface area contributed by atoms with E-state index in [1.54, 1.807) is 42.3 Å². The third-order valence-corrected chi connectivity index (χ3v) is 6.51. The van der Waals surface area contributed by atoms with Crippen LogP contribution in [0.2, 0.25) is 0 Å². The van der Waals surface area contributed by atoms with E-state index in [4.69, 9.17) is 14.2 Å². The van der Waals surface area contributed by atoms with Gasteiger partial charge in [-0.3, -0.25) is 0 Å². The lowest BCUT2D eigenvalue weighted by Crippen LogP contribution is -2.37. The van der Waals surface area contributed by atoms with Gasteiger partial charge in [-0.2, -0.15) is 13.2 Å². The SMILES string of the molecule is COc1ccc(C)cc1Nc1cc(Oc2ccc(NC(=O)Nc3ccc(N4CCOCC4)c(C(F)(F)F)c3)cc2)ncn1. The summed E-state index contributed by atoms with van der Waals surface area (Å²) in [6, 6.07) is 16.8. The number of aryl methyl sites for hydroxylation is 1. The van der Waals surface area contributed by atoms with E-state index < -0.39 is 17.8 Å². The molecule has 0 saturated carbocycles. The van der Waals surface area contributed by atoms with Gasteiger partial charge in [-0.1, -0.05) is 6.07 Å². The second-order valence-corrected chi connectivity index (χ2v) is 9.60. The lowest BCUT2D eigenvalue weighted by Gasteiger charge is -2.31. The van der Waals surface area contributed by atoms with Crippen molar-refractivity contribution in [3.8, 4) is 17.4 Å². The average Bonchev–Trinajstić information content (AvgIpc) is 2.98. The van der Waals surface area contributed by atoms with Crippen LogP contribution in [0.5, 0.6) is 17.4 Å². The number of amides is 2. The molecular weight excluding hydrogens is 565 g/mol. The first kappa shape index (κ1) is 29.5. The minimum Gasteiger partial charge on any atom is -0.495 e. The Kier molecular flexibility index (Phi) is 8.81. The van der Waals surface area contributed by atoms with Crippen LogP contribution >= 0.6 is 0 Å². The van der Waals surface area contributed by atoms with Crippen LogP contribution < -0.4 is 30.3 Å². The summed E-state index contributed by atoms with van der Waals surface area (Å²) in [5.74, 6) is 1.88. The van der Waals surface area contributed by atoms with E-state index in [0.29, 0.717) is 49.3 Å². The predicted octanol–water partition coefficient (Wildman–Crippen LogP) is 6.83. The van der Waals surface area contributed by atoms with Crippen LogP contribution in [0.1, 0.15) is 11.1 Å². The minimum atomic E-state index is -4.59. The highest BCUT2D eigenvalue weighted by Gasteiger charge is 2.35. The van der Waals surface area contributed by atoms with Crippen molar-refractivity contribution in [2.24, 2.45) is 0 Å². The Labute approximate surface area is 245 Å². The molecule has 2 amide bonds. The van der Waals surface area contributed by atoms with Gasteiger partial charge in [0.2, 0.25) is 5.88 Å². The molecule has 0 bridgehead atoms. The summed E-state index contributed by atoms with van der Waals surface area (Å²) in [4.78, 5) is 22.6. The van der Waals surface area contributed by atoms with Gasteiger partial charge in [-0.25, -0.2) is 14.8 Å². The molecule has 43 heavy (non-hydrogen) atoms. The van der Waals surface area contributed by atoms with Gasteiger partial charge in [-0.15, -0.1) is 0 Å². The Hall–Kier alpha value is -5.04. The number of morpholine rings is 1. The number of nitrogens with one attached hydrogen (secondary N) is 3. The zero-order valence-electron chi connectivity index (χ0n) is 23.4. The van der Waals surface area contributed by atoms with Crippen molar-refractivity contribution in [2.45, 2.75) is 13.1 Å². The van der Waals surface area contributed by atoms with E-state index in [2.05, 4.69) is 25.9 Å². The molecule has 3 N–H and O–H groups in total. The smallest absolute Gasteiger partial charge is 0.418 e. The maximum atomic E-state index is 13.8. The minimum absolute atomic E-state index is 0.0123. The summed E-state index contributed by atoms with van der Waals surface area (Å²) in [7, 11) is 1.58. The highest BCUT2D eigenvalue weighted by molar-refractivity contribution is 6.00. The van der Waals surface area contributed by atoms with Gasteiger partial charge >= 0.3 is 12.2 Å². The number of aromatic nitrogens is 2. The molecular formula is C30H29F3N6O4. The predicted molar refractivity (Wildman–Crippen MR) is 157 cm³/mol. The van der Waals surface area contributed by atoms with Crippen LogP contribution in [0.25, 0.3) is 0 Å². The molecule has 0 atom stereocenters. The number of urea groups is 1. The van der Waals surface area contributed by atoms with Crippen LogP contribution in [0.3, 0.4) is 0 Å². The number of benzene rings is 3. The van der Waals surface area contributed by atoms with Gasteiger partial charge in [0.25, 0.3) is 0 Å². The van der Waals surface area contributed by atoms with Gasteiger partial charge in [-0.05, 0) is 67.1 Å². The molecule has 0 aliphatic carbocycles. The summed E-state index contributed by atoms with van der Waals surface area (Å²) in [5.41, 5.74) is 1.43. The number of halogens is 3. The highest BCUT2D eigenvalue weighted by atomic mass is 19.4. The monoisotopic (exact) mass is 594 g/mol. The third-order valence-electron chi connectivity index (χ3n) is 6.51. The molecule has 0 unspecified atom stereocenters. The fraction of sp³-hybridized carbons (Fsp3) is 0.233. The number of methoxy groups -OCH3 is 1. The Morgan fingerprint density at radius 1 is 0.930 bits per heavy atom. The second-order valence-electron chi connectivity index (χ2n) is 9.60. The number of rotatable bonds is 8. The lowest BCUT2D eigenvalue weighted by atomic mass is 10.1. The maximum absolute atomic E-state index is 13.8. The molecule has 13 heteroatoms. The fourth-order valence-corrected chi connectivity index (χ4v) is 4.46. The third kappa shape index (κ3) is 7.63. The first-order valence-corrected chi connectivity index (χ1v) is 13.3. The van der Waals surface area contributed by atoms with E-state index >= 15 is 0 Å². The van der Waals surface area contributed by atoms with Crippen molar-refractivity contribution in [2.75, 3.05) is 54.3 Å². The summed E-state index contributed by atoms with van der Waals surface area (Å²) in [6.07, 6.45) is -3.23. The summed E-state index contributed by atoms with van der Waals surface area (Å²) < 4.78 is 57.9. The van der Waals surface area contributed by atoms with E-state index in [0.717, 1.165) is 17.3 Å². The molecule has 1 aromatic heterocycles. The van der Waals surface area contributed by atoms with Crippen LogP contribution in [0, 0.1) is 6.92 Å². The van der Waals surface area contributed by atoms with Crippen LogP contribution in [0.4, 0.5) is 46.5 Å². The van der Waals surface area contributed by atoms with Gasteiger partial charge in [0.1, 0.15) is 23.6 Å². The van der Waals surface area contributed by atoms with Crippen LogP contribution in [-0.4, -0.2) is 49.4 Å². The van der Waals surface area contributed by atoms with Crippen molar-refractivity contribution in [1.29, 1.82) is 0 Å². The maximum Gasteiger partial charge on any atom is 0.418 e. The van der Waals surface area contributed by atoms with Crippen molar-refractivity contribution >= 4 is 34.6 Å². The molecule has 10 nitrogen and oxygen atoms in total. The molecule has 0 spiro atoms. The Morgan fingerprint density at radius 2 is 1.65 bits per heavy atom. The van der Waals surface area contributed by atoms with Crippen molar-refractivity contribution in [3.05, 3.63) is 84.2 Å². The highest BCUT2D eigenvalue weighted by Crippen LogP contribution is 2.38. The molecule has 2 heterocycles. The number of carbonyl (C=O) groups is 1. The van der Waals surface area contributed by atoms with Crippen molar-refractivity contribution < 1.29 is 32.2 Å². The number of hydrogen-bond donors (Lipinski definition) is 3. The number of ether oxygens (including phenoxy) is 3. The topological polar surface area (TPSA) is 110 Å². The molecule has 5 rings (SSSR count). The van der Waals surface area contributed by atoms with Crippen LogP contribution in [0.15, 0.2) is 73.1 Å². The average molecular weight is 595 g/mol. The first-order chi connectivity index (χ1) is 20.7. The lowest BCUT2D eigenvalue weighted by molar-refractivity contribution is -0.137. The second kappa shape index (κ2) is 12.9. The zero-order valence-corrected chi connectivity index (χ0v) is 23.4. The molecule has 4 aromatic rings. The molecule has 0 radical (unpaired) electrons. The standard InChI is InChI=1S/C30H29F3N6O4/c1-19-3-10-26(41-2)24(15-19)38-27-17-28(35-18-34-27)43-22-7-4-20(5-8-22)36-29(40)37-21-6-9-25(23(16-21)30(31,32)33)39-11-13-42-14-12-39/h3-10,15-18H,11-14H2,1-2H3,(H,34,35,38)(H2,36,37,40). The normalized spacial score (nSPS) is 13.3. The molecule has 1 aliphatic heterocycles. The summed E-state index contributed by atoms with van der Waals surface area (Å²) in [5, 5.41) is 8.27. The van der Waals surface area contributed by atoms with Gasteiger partial charge in [0.15, 0.2) is 0 Å². The van der Waals surface area contributed by atoms with E-state index in [9.17, 15) is 18.0 Å². The van der Waals surface area contributed by atoms with Crippen molar-refractivity contribution in [1.82, 2.24) is 9.97 Å². The number of alkyl halides is 3. The molecule has 3 aromatic carbocycles. The summed E-state index contributed by atoms with van der Waals surface area (Å²) in [6.45, 7) is 3.38. The van der Waals surface area contributed by atoms with E-state index in [1.165, 1.54) is 18.5 Å². The van der Waals surface area contributed by atoms with E-state index in [-0.39, 0.29) is 17.3 Å². The largest absolute Gasteiger partial charge is 0.495 e. The molecule has 1 aliphatic rings. The first-order valence-electron chi connectivity index (χ1n) is 13.3. The van der Waals surface area contributed by atoms with Gasteiger partial charge in [0.05, 0.1) is 31.6 Å². The van der Waals surface area contributed by atoms with E-state index in [1.807, 2.05) is 25.1 Å². The van der Waals surface area contributed by atoms with Crippen LogP contribution in [-0.2, 0) is 10.9 Å². The number of carbonyl (C=O) groups excluding carboxylic acids is 1. The number of nitrogens with zero attached hydrogens (tertiary/aromatic N) is 3. The Morgan fingerprint density at radius 3 is 2.37 bits per heavy atom. The Balaban J connectivity index is 1.20. The molecule has 224 valence electrons. The van der Waals surface area contributed by atoms with Crippen molar-refractivity contribution in [3.63, 3.8) is 0 Å². The Bertz CT molecular complexity index is 1580. The zero-order chi connectivity index (χ0) is 30.4. The fourth-order valence-electron chi connectivity index (χ4n) is 4.46.